The van der Waals surface area contributed by atoms with Crippen molar-refractivity contribution in [1.29, 1.82) is 0 Å². The summed E-state index contributed by atoms with van der Waals surface area (Å²) < 4.78 is 0. The van der Waals surface area contributed by atoms with Gasteiger partial charge in [0.05, 0.1) is 0 Å². The summed E-state index contributed by atoms with van der Waals surface area (Å²) in [6.07, 6.45) is 0. The Kier molecular flexibility index (Phi) is 4.07. The second kappa shape index (κ2) is 4.20. The normalized spacial score (nSPS) is 9.23. The fourth-order valence-corrected chi connectivity index (χ4v) is 0.619. The summed E-state index contributed by atoms with van der Waals surface area (Å²) >= 11 is 0. The first-order chi connectivity index (χ1) is 5.46. The summed E-state index contributed by atoms with van der Waals surface area (Å²) in [7, 11) is 0. The molecule has 0 fully saturated rings. The molecule has 1 aromatic rings. The molecule has 62 valence electrons. The molecule has 0 aliphatic heterocycles. The Labute approximate surface area is 110 Å². The van der Waals surface area contributed by atoms with Crippen LogP contribution in [-0.4, -0.2) is 48.9 Å². The van der Waals surface area contributed by atoms with E-state index in [1.807, 2.05) is 0 Å². The van der Waals surface area contributed by atoms with Crippen molar-refractivity contribution in [3.8, 4) is 11.5 Å². The van der Waals surface area contributed by atoms with Gasteiger partial charge < -0.3 is 10.2 Å². The van der Waals surface area contributed by atoms with Crippen molar-refractivity contribution in [2.24, 2.45) is 0 Å². The molecule has 0 amide bonds. The van der Waals surface area contributed by atoms with Crippen molar-refractivity contribution < 1.29 is 10.2 Å². The van der Waals surface area contributed by atoms with E-state index in [1.165, 1.54) is 0 Å². The molecule has 0 aliphatic rings. The van der Waals surface area contributed by atoms with E-state index in [0.717, 1.165) is 0 Å². The van der Waals surface area contributed by atoms with Crippen molar-refractivity contribution in [3.05, 3.63) is 40.9 Å². The Morgan fingerprint density at radius 3 is 1.08 bits per heavy atom. The molecule has 0 bridgehead atoms. The van der Waals surface area contributed by atoms with E-state index in [4.69, 9.17) is 0 Å². The Hall–Kier alpha value is -0.409. The number of hydrogen-bond donors (Lipinski definition) is 0. The van der Waals surface area contributed by atoms with Gasteiger partial charge in [-0.05, 0) is 0 Å². The van der Waals surface area contributed by atoms with E-state index in [9.17, 15) is 29.4 Å². The standard InChI is InChI=1S/C6H2O6.Ba/c7-1-2(8)4(10)6(12)5(11)3(1)9;/h7-8H;/q;+2/p-2. The molecule has 1 rings (SSSR count). The first-order valence-electron chi connectivity index (χ1n) is 2.72. The van der Waals surface area contributed by atoms with Gasteiger partial charge in [-0.25, -0.2) is 0 Å². The van der Waals surface area contributed by atoms with Gasteiger partial charge in [0.15, 0.2) is 0 Å². The summed E-state index contributed by atoms with van der Waals surface area (Å²) in [6.45, 7) is 0. The first kappa shape index (κ1) is 12.6. The van der Waals surface area contributed by atoms with Crippen LogP contribution in [0.5, 0.6) is 11.5 Å². The van der Waals surface area contributed by atoms with Crippen LogP contribution in [0, 0.1) is 0 Å². The molecule has 0 N–H and O–H groups in total. The van der Waals surface area contributed by atoms with Gasteiger partial charge in [-0.1, -0.05) is 11.5 Å². The number of rotatable bonds is 0. The average Bonchev–Trinajstić information content (AvgIpc) is 2.08. The monoisotopic (exact) mass is 306 g/mol. The second-order valence-electron chi connectivity index (χ2n) is 1.97. The third-order valence-corrected chi connectivity index (χ3v) is 1.24. The first-order valence-corrected chi connectivity index (χ1v) is 2.72. The Balaban J connectivity index is 0.00000144. The fourth-order valence-electron chi connectivity index (χ4n) is 0.619. The molecule has 0 radical (unpaired) electrons. The van der Waals surface area contributed by atoms with Crippen molar-refractivity contribution in [3.63, 3.8) is 0 Å². The molecule has 0 aliphatic carbocycles. The molecule has 13 heavy (non-hydrogen) atoms. The van der Waals surface area contributed by atoms with Crippen LogP contribution in [0.25, 0.3) is 0 Å². The Morgan fingerprint density at radius 2 is 0.846 bits per heavy atom. The molecule has 0 heterocycles. The van der Waals surface area contributed by atoms with Gasteiger partial charge in [0.1, 0.15) is 0 Å². The zero-order valence-electron chi connectivity index (χ0n) is 6.16. The van der Waals surface area contributed by atoms with Crippen LogP contribution in [0.15, 0.2) is 19.2 Å². The molecule has 1 aromatic carbocycles. The van der Waals surface area contributed by atoms with Gasteiger partial charge in [0, 0.05) is 0 Å². The van der Waals surface area contributed by atoms with Crippen molar-refractivity contribution >= 4 is 48.9 Å². The van der Waals surface area contributed by atoms with E-state index in [1.54, 1.807) is 0 Å². The molecule has 7 heteroatoms. The molecular formula is C6BaO6. The maximum Gasteiger partial charge on any atom is 2.00 e. The largest absolute Gasteiger partial charge is 2.00 e. The third-order valence-electron chi connectivity index (χ3n) is 1.24. The van der Waals surface area contributed by atoms with Crippen LogP contribution in [-0.2, 0) is 0 Å². The molecule has 0 saturated carbocycles. The van der Waals surface area contributed by atoms with Gasteiger partial charge in [0.2, 0.25) is 10.9 Å². The van der Waals surface area contributed by atoms with Gasteiger partial charge in [-0.15, -0.1) is 0 Å². The van der Waals surface area contributed by atoms with E-state index >= 15 is 0 Å². The van der Waals surface area contributed by atoms with E-state index in [0.29, 0.717) is 0 Å². The van der Waals surface area contributed by atoms with E-state index in [-0.39, 0.29) is 48.9 Å². The molecular weight excluding hydrogens is 305 g/mol. The van der Waals surface area contributed by atoms with Gasteiger partial charge in [0.25, 0.3) is 10.9 Å². The minimum Gasteiger partial charge on any atom is -0.870 e. The summed E-state index contributed by atoms with van der Waals surface area (Å²) in [6, 6.07) is 0. The van der Waals surface area contributed by atoms with Crippen molar-refractivity contribution in [1.82, 2.24) is 0 Å². The van der Waals surface area contributed by atoms with Gasteiger partial charge >= 0.3 is 48.9 Å². The topological polar surface area (TPSA) is 114 Å². The molecule has 0 spiro atoms. The van der Waals surface area contributed by atoms with Crippen LogP contribution >= 0.6 is 0 Å². The SMILES string of the molecule is O=c1c([O-])c([O-])c(=O)c(=O)c1=O.[Ba+2]. The van der Waals surface area contributed by atoms with Crippen LogP contribution in [0.4, 0.5) is 0 Å². The average molecular weight is 305 g/mol. The minimum absolute atomic E-state index is 0. The maximum atomic E-state index is 10.4. The van der Waals surface area contributed by atoms with Crippen LogP contribution in [0.2, 0.25) is 0 Å². The summed E-state index contributed by atoms with van der Waals surface area (Å²) in [5, 5.41) is 20.8. The van der Waals surface area contributed by atoms with Crippen LogP contribution < -0.4 is 31.9 Å². The quantitative estimate of drug-likeness (QED) is 0.354. The van der Waals surface area contributed by atoms with Crippen molar-refractivity contribution in [2.45, 2.75) is 0 Å². The second-order valence-corrected chi connectivity index (χ2v) is 1.97. The minimum atomic E-state index is -1.73. The Bertz CT molecular complexity index is 475. The smallest absolute Gasteiger partial charge is 0.870 e. The molecule has 6 nitrogen and oxygen atoms in total. The van der Waals surface area contributed by atoms with Gasteiger partial charge in [-0.2, -0.15) is 0 Å². The molecule has 0 aromatic heterocycles. The molecule has 0 saturated heterocycles. The predicted octanol–water partition coefficient (Wildman–Crippen LogP) is -4.23. The number of hydrogen-bond acceptors (Lipinski definition) is 6. The maximum absolute atomic E-state index is 10.4. The molecule has 0 atom stereocenters. The van der Waals surface area contributed by atoms with Gasteiger partial charge in [-0.3, -0.25) is 19.2 Å². The van der Waals surface area contributed by atoms with Crippen LogP contribution in [0.3, 0.4) is 0 Å². The summed E-state index contributed by atoms with van der Waals surface area (Å²) in [5.74, 6) is -3.46. The summed E-state index contributed by atoms with van der Waals surface area (Å²) in [5.41, 5.74) is -6.93. The summed E-state index contributed by atoms with van der Waals surface area (Å²) in [4.78, 5) is 41.6. The Morgan fingerprint density at radius 1 is 0.615 bits per heavy atom. The van der Waals surface area contributed by atoms with Crippen molar-refractivity contribution in [2.75, 3.05) is 0 Å². The molecule has 0 unspecified atom stereocenters. The number of benzene rings is 1. The zero-order valence-corrected chi connectivity index (χ0v) is 10.6. The fraction of sp³-hybridized carbons (Fsp3) is 0. The third kappa shape index (κ3) is 1.92. The van der Waals surface area contributed by atoms with E-state index < -0.39 is 33.2 Å². The predicted molar refractivity (Wildman–Crippen MR) is 38.5 cm³/mol. The van der Waals surface area contributed by atoms with E-state index in [2.05, 4.69) is 0 Å². The van der Waals surface area contributed by atoms with Crippen LogP contribution in [0.1, 0.15) is 0 Å². The zero-order chi connectivity index (χ0) is 9.46.